The molecule has 1 N–H and O–H groups in total. The van der Waals surface area contributed by atoms with Crippen molar-refractivity contribution in [1.82, 2.24) is 5.32 Å². The number of urea groups is 1. The minimum absolute atomic E-state index is 0.111. The summed E-state index contributed by atoms with van der Waals surface area (Å²) in [6.07, 6.45) is 1.57. The first-order chi connectivity index (χ1) is 16.8. The van der Waals surface area contributed by atoms with E-state index in [1.54, 1.807) is 60.7 Å². The molecule has 0 aliphatic carbocycles. The highest BCUT2D eigenvalue weighted by Gasteiger charge is 2.35. The molecule has 1 fully saturated rings. The molecule has 1 heterocycles. The number of nitrogens with zero attached hydrogens (tertiary/aromatic N) is 1. The van der Waals surface area contributed by atoms with E-state index in [4.69, 9.17) is 44.3 Å². The molecule has 3 aromatic carbocycles. The van der Waals surface area contributed by atoms with Gasteiger partial charge in [-0.05, 0) is 61.0 Å². The summed E-state index contributed by atoms with van der Waals surface area (Å²) in [6.45, 7) is 2.45. The van der Waals surface area contributed by atoms with Gasteiger partial charge in [0.05, 0.1) is 12.3 Å². The van der Waals surface area contributed by atoms with Crippen molar-refractivity contribution in [2.45, 2.75) is 13.5 Å². The maximum atomic E-state index is 13.0. The van der Waals surface area contributed by atoms with Crippen molar-refractivity contribution in [2.24, 2.45) is 0 Å². The third kappa shape index (κ3) is 5.76. The van der Waals surface area contributed by atoms with Gasteiger partial charge < -0.3 is 14.8 Å². The van der Waals surface area contributed by atoms with Crippen LogP contribution >= 0.6 is 50.7 Å². The molecule has 0 aromatic heterocycles. The number of carbonyl (C=O) groups is 2. The summed E-state index contributed by atoms with van der Waals surface area (Å²) in [5.41, 5.74) is 1.87. The second kappa shape index (κ2) is 10.9. The average Bonchev–Trinajstić information content (AvgIpc) is 3.08. The van der Waals surface area contributed by atoms with Crippen LogP contribution in [0.25, 0.3) is 6.08 Å². The number of ether oxygens (including phenoxy) is 2. The standard InChI is InChI=1S/C25H18BrCl3N2O4/c1-2-34-22-9-15(19(26)12-23(22)35-13-14-6-7-17(28)11-20(14)29)8-21-24(32)31(25(33)30-21)18-5-3-4-16(27)10-18/h3-12H,2,13H2,1H3,(H,30,33)/b21-8+. The van der Waals surface area contributed by atoms with Gasteiger partial charge in [-0.25, -0.2) is 9.69 Å². The van der Waals surface area contributed by atoms with Gasteiger partial charge in [0.15, 0.2) is 11.5 Å². The topological polar surface area (TPSA) is 67.9 Å². The predicted molar refractivity (Wildman–Crippen MR) is 142 cm³/mol. The Kier molecular flexibility index (Phi) is 7.91. The molecule has 3 aromatic rings. The number of rotatable bonds is 7. The third-order valence-electron chi connectivity index (χ3n) is 5.01. The summed E-state index contributed by atoms with van der Waals surface area (Å²) in [5.74, 6) is 0.449. The van der Waals surface area contributed by atoms with Crippen molar-refractivity contribution in [3.05, 3.63) is 91.0 Å². The van der Waals surface area contributed by atoms with Crippen molar-refractivity contribution in [3.63, 3.8) is 0 Å². The number of hydrogen-bond acceptors (Lipinski definition) is 4. The first-order valence-electron chi connectivity index (χ1n) is 10.4. The van der Waals surface area contributed by atoms with Crippen molar-refractivity contribution >= 4 is 74.4 Å². The molecule has 0 atom stereocenters. The number of amides is 3. The Bertz CT molecular complexity index is 1350. The fourth-order valence-electron chi connectivity index (χ4n) is 3.38. The second-order valence-corrected chi connectivity index (χ2v) is 9.52. The maximum Gasteiger partial charge on any atom is 0.333 e. The largest absolute Gasteiger partial charge is 0.490 e. The van der Waals surface area contributed by atoms with Crippen LogP contribution in [0.1, 0.15) is 18.1 Å². The van der Waals surface area contributed by atoms with Crippen molar-refractivity contribution in [1.29, 1.82) is 0 Å². The fraction of sp³-hybridized carbons (Fsp3) is 0.120. The van der Waals surface area contributed by atoms with Crippen LogP contribution in [0.3, 0.4) is 0 Å². The molecule has 1 saturated heterocycles. The fourth-order valence-corrected chi connectivity index (χ4v) is 4.46. The minimum atomic E-state index is -0.565. The first-order valence-corrected chi connectivity index (χ1v) is 12.3. The zero-order valence-electron chi connectivity index (χ0n) is 18.3. The Hall–Kier alpha value is -2.71. The van der Waals surface area contributed by atoms with E-state index in [-0.39, 0.29) is 12.3 Å². The molecule has 0 unspecified atom stereocenters. The number of halogens is 4. The summed E-state index contributed by atoms with van der Waals surface area (Å²) < 4.78 is 12.4. The van der Waals surface area contributed by atoms with Gasteiger partial charge in [0.2, 0.25) is 0 Å². The summed E-state index contributed by atoms with van der Waals surface area (Å²) in [5, 5.41) is 4.06. The normalized spacial score (nSPS) is 14.4. The van der Waals surface area contributed by atoms with Crippen molar-refractivity contribution < 1.29 is 19.1 Å². The molecule has 35 heavy (non-hydrogen) atoms. The van der Waals surface area contributed by atoms with Gasteiger partial charge in [-0.2, -0.15) is 0 Å². The number of imide groups is 1. The highest BCUT2D eigenvalue weighted by molar-refractivity contribution is 9.10. The third-order valence-corrected chi connectivity index (χ3v) is 6.51. The zero-order valence-corrected chi connectivity index (χ0v) is 22.1. The maximum absolute atomic E-state index is 13.0. The molecule has 3 amide bonds. The predicted octanol–water partition coefficient (Wildman–Crippen LogP) is 7.48. The number of nitrogens with one attached hydrogen (secondary N) is 1. The van der Waals surface area contributed by atoms with E-state index in [1.807, 2.05) is 6.92 Å². The smallest absolute Gasteiger partial charge is 0.333 e. The second-order valence-electron chi connectivity index (χ2n) is 7.39. The van der Waals surface area contributed by atoms with Crippen molar-refractivity contribution in [3.8, 4) is 11.5 Å². The number of anilines is 1. The Morgan fingerprint density at radius 2 is 1.71 bits per heavy atom. The molecule has 0 saturated carbocycles. The van der Waals surface area contributed by atoms with E-state index >= 15 is 0 Å². The summed E-state index contributed by atoms with van der Waals surface area (Å²) >= 11 is 21.7. The Balaban J connectivity index is 1.61. The van der Waals surface area contributed by atoms with Gasteiger partial charge in [0, 0.05) is 25.1 Å². The van der Waals surface area contributed by atoms with Crippen LogP contribution in [0.5, 0.6) is 11.5 Å². The Labute approximate surface area is 225 Å². The lowest BCUT2D eigenvalue weighted by atomic mass is 10.1. The summed E-state index contributed by atoms with van der Waals surface area (Å²) in [4.78, 5) is 26.5. The molecule has 0 radical (unpaired) electrons. The van der Waals surface area contributed by atoms with E-state index < -0.39 is 11.9 Å². The number of benzene rings is 3. The summed E-state index contributed by atoms with van der Waals surface area (Å²) in [7, 11) is 0. The lowest BCUT2D eigenvalue weighted by Gasteiger charge is -2.15. The highest BCUT2D eigenvalue weighted by Crippen LogP contribution is 2.36. The summed E-state index contributed by atoms with van der Waals surface area (Å²) in [6, 6.07) is 14.6. The van der Waals surface area contributed by atoms with E-state index in [1.165, 1.54) is 0 Å². The van der Waals surface area contributed by atoms with E-state index in [0.717, 1.165) is 10.5 Å². The quantitative estimate of drug-likeness (QED) is 0.227. The van der Waals surface area contributed by atoms with Crippen LogP contribution in [0.15, 0.2) is 64.8 Å². The van der Waals surface area contributed by atoms with Gasteiger partial charge in [0.1, 0.15) is 12.3 Å². The van der Waals surface area contributed by atoms with Crippen LogP contribution in [-0.2, 0) is 11.4 Å². The monoisotopic (exact) mass is 594 g/mol. The lowest BCUT2D eigenvalue weighted by molar-refractivity contribution is -0.113. The van der Waals surface area contributed by atoms with Crippen molar-refractivity contribution in [2.75, 3.05) is 11.5 Å². The van der Waals surface area contributed by atoms with Crippen LogP contribution in [0.2, 0.25) is 15.1 Å². The lowest BCUT2D eigenvalue weighted by Crippen LogP contribution is -2.30. The first kappa shape index (κ1) is 25.4. The molecule has 10 heteroatoms. The van der Waals surface area contributed by atoms with E-state index in [0.29, 0.717) is 48.9 Å². The highest BCUT2D eigenvalue weighted by atomic mass is 79.9. The van der Waals surface area contributed by atoms with Crippen LogP contribution < -0.4 is 19.7 Å². The Morgan fingerprint density at radius 3 is 2.43 bits per heavy atom. The number of carbonyl (C=O) groups excluding carboxylic acids is 2. The molecule has 4 rings (SSSR count). The zero-order chi connectivity index (χ0) is 25.1. The molecule has 0 spiro atoms. The molecular weight excluding hydrogens is 579 g/mol. The van der Waals surface area contributed by atoms with Gasteiger partial charge in [0.25, 0.3) is 5.91 Å². The average molecular weight is 597 g/mol. The molecule has 180 valence electrons. The molecular formula is C25H18BrCl3N2O4. The van der Waals surface area contributed by atoms with Crippen LogP contribution in [0.4, 0.5) is 10.5 Å². The van der Waals surface area contributed by atoms with Gasteiger partial charge in [-0.3, -0.25) is 4.79 Å². The molecule has 1 aliphatic heterocycles. The van der Waals surface area contributed by atoms with E-state index in [2.05, 4.69) is 21.2 Å². The minimum Gasteiger partial charge on any atom is -0.490 e. The number of hydrogen-bond donors (Lipinski definition) is 1. The van der Waals surface area contributed by atoms with Crippen LogP contribution in [-0.4, -0.2) is 18.5 Å². The van der Waals surface area contributed by atoms with Gasteiger partial charge in [-0.1, -0.05) is 62.9 Å². The molecule has 0 bridgehead atoms. The Morgan fingerprint density at radius 1 is 0.971 bits per heavy atom. The SMILES string of the molecule is CCOc1cc(/C=C2/NC(=O)N(c3cccc(Cl)c3)C2=O)c(Br)cc1OCc1ccc(Cl)cc1Cl. The molecule has 6 nitrogen and oxygen atoms in total. The van der Waals surface area contributed by atoms with Gasteiger partial charge in [-0.15, -0.1) is 0 Å². The van der Waals surface area contributed by atoms with Gasteiger partial charge >= 0.3 is 6.03 Å². The molecule has 1 aliphatic rings. The van der Waals surface area contributed by atoms with E-state index in [9.17, 15) is 9.59 Å². The van der Waals surface area contributed by atoms with Crippen LogP contribution in [0, 0.1) is 0 Å².